The number of anilines is 1. The topological polar surface area (TPSA) is 49.2 Å². The molecule has 0 atom stereocenters. The third-order valence-corrected chi connectivity index (χ3v) is 5.75. The van der Waals surface area contributed by atoms with E-state index in [2.05, 4.69) is 54.9 Å². The highest BCUT2D eigenvalue weighted by atomic mass is 35.5. The quantitative estimate of drug-likeness (QED) is 0.398. The van der Waals surface area contributed by atoms with Crippen LogP contribution in [-0.4, -0.2) is 34.3 Å². The first-order valence-corrected chi connectivity index (χ1v) is 10.9. The number of halogens is 1. The van der Waals surface area contributed by atoms with Crippen molar-refractivity contribution in [1.82, 2.24) is 9.97 Å². The maximum absolute atomic E-state index is 9.41. The summed E-state index contributed by atoms with van der Waals surface area (Å²) in [6, 6.07) is 20.5. The molecule has 0 aliphatic carbocycles. The summed E-state index contributed by atoms with van der Waals surface area (Å²) in [7, 11) is 0. The summed E-state index contributed by atoms with van der Waals surface area (Å²) in [5, 5.41) is 11.2. The van der Waals surface area contributed by atoms with Crippen LogP contribution in [0.5, 0.6) is 0 Å². The van der Waals surface area contributed by atoms with Crippen molar-refractivity contribution in [3.05, 3.63) is 77.4 Å². The molecular formula is C26H26ClN3O. The Morgan fingerprint density at radius 3 is 2.29 bits per heavy atom. The van der Waals surface area contributed by atoms with Gasteiger partial charge in [-0.25, -0.2) is 4.98 Å². The van der Waals surface area contributed by atoms with Crippen LogP contribution in [0.25, 0.3) is 33.3 Å². The molecule has 4 aromatic rings. The molecule has 31 heavy (non-hydrogen) atoms. The minimum Gasteiger partial charge on any atom is -0.395 e. The van der Waals surface area contributed by atoms with Crippen molar-refractivity contribution >= 4 is 28.3 Å². The minimum atomic E-state index is 0.105. The summed E-state index contributed by atoms with van der Waals surface area (Å²) in [6.07, 6.45) is 1.90. The zero-order valence-corrected chi connectivity index (χ0v) is 18.8. The number of aliphatic hydroxyl groups excluding tert-OH is 1. The van der Waals surface area contributed by atoms with Crippen molar-refractivity contribution in [3.8, 4) is 22.4 Å². The molecule has 5 heteroatoms. The molecule has 0 saturated heterocycles. The van der Waals surface area contributed by atoms with Gasteiger partial charge in [-0.1, -0.05) is 35.9 Å². The first-order chi connectivity index (χ1) is 15.0. The van der Waals surface area contributed by atoms with E-state index in [-0.39, 0.29) is 12.6 Å². The standard InChI is InChI=1S/C26H26ClN3O/c1-17(2)30(12-13-31)26-14-18(3)23-15-20(6-11-25(23)29-26)24-10-7-21(16-28-24)19-4-8-22(27)9-5-19/h4-11,14-17,31H,12-13H2,1-3H3. The Morgan fingerprint density at radius 2 is 1.65 bits per heavy atom. The molecule has 0 unspecified atom stereocenters. The van der Waals surface area contributed by atoms with Crippen molar-refractivity contribution in [2.45, 2.75) is 26.8 Å². The molecule has 2 aromatic heterocycles. The molecule has 0 bridgehead atoms. The molecule has 0 aliphatic rings. The number of fused-ring (bicyclic) bond motifs is 1. The predicted molar refractivity (Wildman–Crippen MR) is 130 cm³/mol. The third kappa shape index (κ3) is 4.55. The number of aryl methyl sites for hydroxylation is 1. The number of nitrogens with zero attached hydrogens (tertiary/aromatic N) is 3. The van der Waals surface area contributed by atoms with Crippen LogP contribution >= 0.6 is 11.6 Å². The first kappa shape index (κ1) is 21.3. The molecule has 2 heterocycles. The van der Waals surface area contributed by atoms with Gasteiger partial charge in [0.1, 0.15) is 5.82 Å². The second-order valence-corrected chi connectivity index (χ2v) is 8.42. The van der Waals surface area contributed by atoms with Gasteiger partial charge in [-0.15, -0.1) is 0 Å². The van der Waals surface area contributed by atoms with Crippen LogP contribution in [0.1, 0.15) is 19.4 Å². The SMILES string of the molecule is Cc1cc(N(CCO)C(C)C)nc2ccc(-c3ccc(-c4ccc(Cl)cc4)cn3)cc12. The monoisotopic (exact) mass is 431 g/mol. The lowest BCUT2D eigenvalue weighted by atomic mass is 10.0. The predicted octanol–water partition coefficient (Wildman–Crippen LogP) is 6.13. The van der Waals surface area contributed by atoms with E-state index in [4.69, 9.17) is 16.6 Å². The van der Waals surface area contributed by atoms with E-state index < -0.39 is 0 Å². The molecule has 0 amide bonds. The molecule has 1 N–H and O–H groups in total. The van der Waals surface area contributed by atoms with Crippen LogP contribution in [-0.2, 0) is 0 Å². The van der Waals surface area contributed by atoms with E-state index in [1.54, 1.807) is 0 Å². The summed E-state index contributed by atoms with van der Waals surface area (Å²) >= 11 is 5.99. The summed E-state index contributed by atoms with van der Waals surface area (Å²) in [4.78, 5) is 11.7. The van der Waals surface area contributed by atoms with E-state index >= 15 is 0 Å². The second kappa shape index (κ2) is 9.04. The van der Waals surface area contributed by atoms with Gasteiger partial charge in [0.15, 0.2) is 0 Å². The molecule has 0 aliphatic heterocycles. The molecule has 0 spiro atoms. The highest BCUT2D eigenvalue weighted by Gasteiger charge is 2.14. The summed E-state index contributed by atoms with van der Waals surface area (Å²) in [5.41, 5.74) is 6.23. The fraction of sp³-hybridized carbons (Fsp3) is 0.231. The Bertz CT molecular complexity index is 1190. The third-order valence-electron chi connectivity index (χ3n) is 5.50. The number of aromatic nitrogens is 2. The smallest absolute Gasteiger partial charge is 0.129 e. The lowest BCUT2D eigenvalue weighted by Crippen LogP contribution is -2.34. The highest BCUT2D eigenvalue weighted by molar-refractivity contribution is 6.30. The Kier molecular flexibility index (Phi) is 6.21. The highest BCUT2D eigenvalue weighted by Crippen LogP contribution is 2.29. The first-order valence-electron chi connectivity index (χ1n) is 10.5. The van der Waals surface area contributed by atoms with Crippen molar-refractivity contribution in [2.24, 2.45) is 0 Å². The number of aliphatic hydroxyl groups is 1. The Labute approximate surface area is 188 Å². The van der Waals surface area contributed by atoms with Crippen molar-refractivity contribution < 1.29 is 5.11 Å². The summed E-state index contributed by atoms with van der Waals surface area (Å²) in [6.45, 7) is 7.00. The normalized spacial score (nSPS) is 11.3. The Morgan fingerprint density at radius 1 is 0.935 bits per heavy atom. The Balaban J connectivity index is 1.67. The molecule has 2 aromatic carbocycles. The zero-order chi connectivity index (χ0) is 22.0. The molecule has 158 valence electrons. The zero-order valence-electron chi connectivity index (χ0n) is 18.0. The van der Waals surface area contributed by atoms with E-state index in [1.165, 1.54) is 0 Å². The molecule has 4 rings (SSSR count). The molecule has 0 fully saturated rings. The number of hydrogen-bond acceptors (Lipinski definition) is 4. The van der Waals surface area contributed by atoms with E-state index in [0.29, 0.717) is 6.54 Å². The van der Waals surface area contributed by atoms with Gasteiger partial charge in [-0.3, -0.25) is 4.98 Å². The van der Waals surface area contributed by atoms with Gasteiger partial charge in [0, 0.05) is 40.3 Å². The van der Waals surface area contributed by atoms with Gasteiger partial charge in [0.25, 0.3) is 0 Å². The Hall–Kier alpha value is -2.95. The van der Waals surface area contributed by atoms with Crippen LogP contribution in [0.3, 0.4) is 0 Å². The molecule has 4 nitrogen and oxygen atoms in total. The summed E-state index contributed by atoms with van der Waals surface area (Å²) in [5.74, 6) is 0.896. The number of pyridine rings is 2. The van der Waals surface area contributed by atoms with Gasteiger partial charge >= 0.3 is 0 Å². The van der Waals surface area contributed by atoms with Gasteiger partial charge in [-0.05, 0) is 68.3 Å². The van der Waals surface area contributed by atoms with Crippen molar-refractivity contribution in [1.29, 1.82) is 0 Å². The largest absolute Gasteiger partial charge is 0.395 e. The molecule has 0 saturated carbocycles. The van der Waals surface area contributed by atoms with E-state index in [0.717, 1.165) is 49.7 Å². The van der Waals surface area contributed by atoms with E-state index in [9.17, 15) is 5.11 Å². The van der Waals surface area contributed by atoms with Gasteiger partial charge in [0.05, 0.1) is 17.8 Å². The number of rotatable bonds is 6. The minimum absolute atomic E-state index is 0.105. The average molecular weight is 432 g/mol. The lowest BCUT2D eigenvalue weighted by Gasteiger charge is -2.27. The average Bonchev–Trinajstić information content (AvgIpc) is 2.77. The maximum atomic E-state index is 9.41. The van der Waals surface area contributed by atoms with Crippen molar-refractivity contribution in [2.75, 3.05) is 18.1 Å². The van der Waals surface area contributed by atoms with Crippen LogP contribution in [0, 0.1) is 6.92 Å². The summed E-state index contributed by atoms with van der Waals surface area (Å²) < 4.78 is 0. The van der Waals surface area contributed by atoms with Crippen molar-refractivity contribution in [3.63, 3.8) is 0 Å². The maximum Gasteiger partial charge on any atom is 0.129 e. The van der Waals surface area contributed by atoms with Crippen LogP contribution in [0.2, 0.25) is 5.02 Å². The van der Waals surface area contributed by atoms with Crippen LogP contribution in [0.15, 0.2) is 66.9 Å². The fourth-order valence-corrected chi connectivity index (χ4v) is 3.93. The second-order valence-electron chi connectivity index (χ2n) is 7.98. The van der Waals surface area contributed by atoms with Gasteiger partial charge in [0.2, 0.25) is 0 Å². The number of hydrogen-bond donors (Lipinski definition) is 1. The van der Waals surface area contributed by atoms with E-state index in [1.807, 2.05) is 42.6 Å². The van der Waals surface area contributed by atoms with Gasteiger partial charge in [-0.2, -0.15) is 0 Å². The fourth-order valence-electron chi connectivity index (χ4n) is 3.81. The van der Waals surface area contributed by atoms with Gasteiger partial charge < -0.3 is 10.0 Å². The molecular weight excluding hydrogens is 406 g/mol. The van der Waals surface area contributed by atoms with Crippen LogP contribution < -0.4 is 4.90 Å². The number of benzene rings is 2. The van der Waals surface area contributed by atoms with Crippen LogP contribution in [0.4, 0.5) is 5.82 Å². The lowest BCUT2D eigenvalue weighted by molar-refractivity contribution is 0.298. The molecule has 0 radical (unpaired) electrons.